The normalized spacial score (nSPS) is 11.5. The van der Waals surface area contributed by atoms with E-state index >= 15 is 0 Å². The number of methoxy groups -OCH3 is 1. The monoisotopic (exact) mass is 249 g/mol. The van der Waals surface area contributed by atoms with Crippen LogP contribution < -0.4 is 0 Å². The van der Waals surface area contributed by atoms with Crippen molar-refractivity contribution < 1.29 is 4.74 Å². The first-order valence-corrected chi connectivity index (χ1v) is 6.21. The SMILES string of the molecule is CCCN(CCOC)Cc1nc2ncccn2n1. The van der Waals surface area contributed by atoms with Gasteiger partial charge in [-0.25, -0.2) is 9.50 Å². The highest BCUT2D eigenvalue weighted by molar-refractivity contribution is 5.24. The van der Waals surface area contributed by atoms with Gasteiger partial charge in [0.2, 0.25) is 0 Å². The molecule has 0 saturated carbocycles. The van der Waals surface area contributed by atoms with Crippen LogP contribution in [-0.4, -0.2) is 51.3 Å². The Kier molecular flexibility index (Phi) is 4.60. The number of aromatic nitrogens is 4. The maximum Gasteiger partial charge on any atom is 0.252 e. The van der Waals surface area contributed by atoms with Gasteiger partial charge in [-0.05, 0) is 19.0 Å². The highest BCUT2D eigenvalue weighted by Gasteiger charge is 2.09. The minimum atomic E-state index is 0.649. The van der Waals surface area contributed by atoms with E-state index in [0.717, 1.165) is 38.5 Å². The molecule has 6 nitrogen and oxygen atoms in total. The molecule has 2 heterocycles. The molecule has 0 spiro atoms. The molecule has 0 aromatic carbocycles. The molecule has 0 aliphatic carbocycles. The Hall–Kier alpha value is -1.53. The van der Waals surface area contributed by atoms with Gasteiger partial charge in [0.15, 0.2) is 5.82 Å². The van der Waals surface area contributed by atoms with Crippen molar-refractivity contribution in [2.45, 2.75) is 19.9 Å². The lowest BCUT2D eigenvalue weighted by Crippen LogP contribution is -2.28. The molecule has 0 saturated heterocycles. The number of hydrogen-bond donors (Lipinski definition) is 0. The largest absolute Gasteiger partial charge is 0.383 e. The van der Waals surface area contributed by atoms with E-state index in [9.17, 15) is 0 Å². The minimum Gasteiger partial charge on any atom is -0.383 e. The van der Waals surface area contributed by atoms with Gasteiger partial charge in [0.25, 0.3) is 5.78 Å². The van der Waals surface area contributed by atoms with Crippen molar-refractivity contribution in [1.82, 2.24) is 24.5 Å². The number of fused-ring (bicyclic) bond motifs is 1. The molecule has 0 bridgehead atoms. The van der Waals surface area contributed by atoms with E-state index in [2.05, 4.69) is 26.9 Å². The van der Waals surface area contributed by atoms with Crippen molar-refractivity contribution in [2.75, 3.05) is 26.8 Å². The van der Waals surface area contributed by atoms with Crippen LogP contribution in [-0.2, 0) is 11.3 Å². The Balaban J connectivity index is 2.05. The molecule has 0 N–H and O–H groups in total. The molecule has 0 atom stereocenters. The highest BCUT2D eigenvalue weighted by atomic mass is 16.5. The summed E-state index contributed by atoms with van der Waals surface area (Å²) in [5, 5.41) is 4.40. The molecule has 0 unspecified atom stereocenters. The zero-order valence-corrected chi connectivity index (χ0v) is 10.9. The summed E-state index contributed by atoms with van der Waals surface area (Å²) in [6, 6.07) is 1.85. The summed E-state index contributed by atoms with van der Waals surface area (Å²) in [5.41, 5.74) is 0. The quantitative estimate of drug-likeness (QED) is 0.732. The molecule has 98 valence electrons. The zero-order valence-electron chi connectivity index (χ0n) is 10.9. The molecule has 2 aromatic heterocycles. The summed E-state index contributed by atoms with van der Waals surface area (Å²) in [7, 11) is 1.72. The van der Waals surface area contributed by atoms with Crippen LogP contribution in [0.1, 0.15) is 19.2 Å². The van der Waals surface area contributed by atoms with Gasteiger partial charge in [0.1, 0.15) is 0 Å². The van der Waals surface area contributed by atoms with Crippen LogP contribution in [0.2, 0.25) is 0 Å². The number of nitrogens with zero attached hydrogens (tertiary/aromatic N) is 5. The van der Waals surface area contributed by atoms with Crippen molar-refractivity contribution in [3.05, 3.63) is 24.3 Å². The van der Waals surface area contributed by atoms with Gasteiger partial charge in [0.05, 0.1) is 13.2 Å². The van der Waals surface area contributed by atoms with Crippen LogP contribution in [0.4, 0.5) is 0 Å². The predicted molar refractivity (Wildman–Crippen MR) is 68.2 cm³/mol. The van der Waals surface area contributed by atoms with Crippen LogP contribution in [0.5, 0.6) is 0 Å². The standard InChI is InChI=1S/C12H19N5O/c1-3-6-16(8-9-18-2)10-11-14-12-13-5-4-7-17(12)15-11/h4-5,7H,3,6,8-10H2,1-2H3. The van der Waals surface area contributed by atoms with Gasteiger partial charge in [-0.15, -0.1) is 5.10 Å². The van der Waals surface area contributed by atoms with Crippen molar-refractivity contribution >= 4 is 5.78 Å². The second-order valence-electron chi connectivity index (χ2n) is 4.16. The summed E-state index contributed by atoms with van der Waals surface area (Å²) in [6.07, 6.45) is 4.69. The Labute approximate surface area is 107 Å². The third-order valence-electron chi connectivity index (χ3n) is 2.68. The topological polar surface area (TPSA) is 55.5 Å². The third kappa shape index (κ3) is 3.24. The lowest BCUT2D eigenvalue weighted by molar-refractivity contribution is 0.142. The van der Waals surface area contributed by atoms with Gasteiger partial charge in [-0.3, -0.25) is 4.90 Å². The maximum absolute atomic E-state index is 5.12. The Bertz CT molecular complexity index is 451. The molecule has 0 aliphatic rings. The fourth-order valence-electron chi connectivity index (χ4n) is 1.85. The molecule has 6 heteroatoms. The highest BCUT2D eigenvalue weighted by Crippen LogP contribution is 2.02. The van der Waals surface area contributed by atoms with E-state index in [4.69, 9.17) is 4.74 Å². The van der Waals surface area contributed by atoms with Crippen molar-refractivity contribution in [3.8, 4) is 0 Å². The predicted octanol–water partition coefficient (Wildman–Crippen LogP) is 0.983. The van der Waals surface area contributed by atoms with Crippen molar-refractivity contribution in [3.63, 3.8) is 0 Å². The van der Waals surface area contributed by atoms with Crippen LogP contribution in [0.25, 0.3) is 5.78 Å². The minimum absolute atomic E-state index is 0.649. The molecular formula is C12H19N5O. The van der Waals surface area contributed by atoms with Gasteiger partial charge >= 0.3 is 0 Å². The van der Waals surface area contributed by atoms with Gasteiger partial charge in [-0.1, -0.05) is 6.92 Å². The average Bonchev–Trinajstić information content (AvgIpc) is 2.78. The Morgan fingerprint density at radius 2 is 2.28 bits per heavy atom. The third-order valence-corrected chi connectivity index (χ3v) is 2.68. The first-order valence-electron chi connectivity index (χ1n) is 6.21. The molecule has 18 heavy (non-hydrogen) atoms. The average molecular weight is 249 g/mol. The number of ether oxygens (including phenoxy) is 1. The van der Waals surface area contributed by atoms with E-state index in [1.54, 1.807) is 17.8 Å². The zero-order chi connectivity index (χ0) is 12.8. The van der Waals surface area contributed by atoms with Gasteiger partial charge in [-0.2, -0.15) is 4.98 Å². The van der Waals surface area contributed by atoms with E-state index in [0.29, 0.717) is 5.78 Å². The first kappa shape index (κ1) is 12.9. The molecule has 2 aromatic rings. The number of rotatable bonds is 7. The summed E-state index contributed by atoms with van der Waals surface area (Å²) in [5.74, 6) is 1.45. The fourth-order valence-corrected chi connectivity index (χ4v) is 1.85. The molecule has 2 rings (SSSR count). The number of hydrogen-bond acceptors (Lipinski definition) is 5. The van der Waals surface area contributed by atoms with E-state index in [-0.39, 0.29) is 0 Å². The van der Waals surface area contributed by atoms with E-state index in [1.165, 1.54) is 0 Å². The molecule has 0 amide bonds. The van der Waals surface area contributed by atoms with Crippen LogP contribution >= 0.6 is 0 Å². The van der Waals surface area contributed by atoms with Gasteiger partial charge < -0.3 is 4.74 Å². The van der Waals surface area contributed by atoms with E-state index < -0.39 is 0 Å². The molecular weight excluding hydrogens is 230 g/mol. The van der Waals surface area contributed by atoms with Gasteiger partial charge in [0, 0.05) is 26.0 Å². The van der Waals surface area contributed by atoms with Crippen LogP contribution in [0.15, 0.2) is 18.5 Å². The summed E-state index contributed by atoms with van der Waals surface area (Å²) < 4.78 is 6.82. The smallest absolute Gasteiger partial charge is 0.252 e. The lowest BCUT2D eigenvalue weighted by Gasteiger charge is -2.19. The summed E-state index contributed by atoms with van der Waals surface area (Å²) in [6.45, 7) is 5.55. The maximum atomic E-state index is 5.12. The molecule has 0 fully saturated rings. The fraction of sp³-hybridized carbons (Fsp3) is 0.583. The molecule has 0 radical (unpaired) electrons. The van der Waals surface area contributed by atoms with Crippen LogP contribution in [0.3, 0.4) is 0 Å². The lowest BCUT2D eigenvalue weighted by atomic mass is 10.4. The summed E-state index contributed by atoms with van der Waals surface area (Å²) >= 11 is 0. The second-order valence-corrected chi connectivity index (χ2v) is 4.16. The van der Waals surface area contributed by atoms with Crippen LogP contribution in [0, 0.1) is 0 Å². The first-order chi connectivity index (χ1) is 8.83. The van der Waals surface area contributed by atoms with E-state index in [1.807, 2.05) is 12.3 Å². The Morgan fingerprint density at radius 3 is 3.00 bits per heavy atom. The Morgan fingerprint density at radius 1 is 1.39 bits per heavy atom. The van der Waals surface area contributed by atoms with Crippen molar-refractivity contribution in [1.29, 1.82) is 0 Å². The second kappa shape index (κ2) is 6.42. The van der Waals surface area contributed by atoms with Crippen molar-refractivity contribution in [2.24, 2.45) is 0 Å². The molecule has 0 aliphatic heterocycles. The summed E-state index contributed by atoms with van der Waals surface area (Å²) in [4.78, 5) is 10.9.